The van der Waals surface area contributed by atoms with E-state index in [-0.39, 0.29) is 6.54 Å². The zero-order chi connectivity index (χ0) is 13.7. The molecule has 4 N–H and O–H groups in total. The number of nitrogens with zero attached hydrogens (tertiary/aromatic N) is 1. The molecule has 0 heterocycles. The van der Waals surface area contributed by atoms with Gasteiger partial charge >= 0.3 is 5.97 Å². The molecule has 0 spiro atoms. The third-order valence-corrected chi connectivity index (χ3v) is 2.18. The number of nitro groups is 1. The van der Waals surface area contributed by atoms with Crippen LogP contribution in [0.25, 0.3) is 0 Å². The largest absolute Gasteiger partial charge is 0.477 e. The Bertz CT molecular complexity index is 462. The molecule has 0 aliphatic heterocycles. The number of benzene rings is 1. The molecule has 1 unspecified atom stereocenters. The molecule has 8 nitrogen and oxygen atoms in total. The molecule has 18 heavy (non-hydrogen) atoms. The SMILES string of the molecule is O=C(O)c1ccc(NCC(O)CO)cc1[N+](=O)[O-]. The summed E-state index contributed by atoms with van der Waals surface area (Å²) >= 11 is 0. The molecule has 0 aromatic heterocycles. The van der Waals surface area contributed by atoms with Gasteiger partial charge in [0.1, 0.15) is 5.56 Å². The molecule has 1 aromatic carbocycles. The van der Waals surface area contributed by atoms with Gasteiger partial charge in [0.25, 0.3) is 5.69 Å². The highest BCUT2D eigenvalue weighted by molar-refractivity contribution is 5.93. The summed E-state index contributed by atoms with van der Waals surface area (Å²) in [5.74, 6) is -1.39. The third-order valence-electron chi connectivity index (χ3n) is 2.18. The minimum absolute atomic E-state index is 0.0000718. The predicted molar refractivity (Wildman–Crippen MR) is 61.6 cm³/mol. The van der Waals surface area contributed by atoms with Crippen molar-refractivity contribution in [1.82, 2.24) is 0 Å². The van der Waals surface area contributed by atoms with E-state index in [1.807, 2.05) is 0 Å². The Morgan fingerprint density at radius 3 is 2.67 bits per heavy atom. The molecular weight excluding hydrogens is 244 g/mol. The van der Waals surface area contributed by atoms with Crippen molar-refractivity contribution in [3.05, 3.63) is 33.9 Å². The number of aromatic carboxylic acids is 1. The number of aliphatic hydroxyl groups excluding tert-OH is 2. The van der Waals surface area contributed by atoms with Gasteiger partial charge in [0.15, 0.2) is 0 Å². The molecule has 0 aliphatic carbocycles. The molecule has 1 rings (SSSR count). The van der Waals surface area contributed by atoms with Crippen molar-refractivity contribution >= 4 is 17.3 Å². The summed E-state index contributed by atoms with van der Waals surface area (Å²) in [5, 5.41) is 39.8. The molecule has 0 aliphatic rings. The lowest BCUT2D eigenvalue weighted by Crippen LogP contribution is -2.23. The van der Waals surface area contributed by atoms with Gasteiger partial charge in [0.2, 0.25) is 0 Å². The molecule has 0 fully saturated rings. The number of rotatable bonds is 6. The fraction of sp³-hybridized carbons (Fsp3) is 0.300. The molecule has 0 saturated carbocycles. The van der Waals surface area contributed by atoms with Crippen molar-refractivity contribution in [3.63, 3.8) is 0 Å². The Kier molecular flexibility index (Phi) is 4.58. The van der Waals surface area contributed by atoms with E-state index in [0.717, 1.165) is 12.1 Å². The Morgan fingerprint density at radius 1 is 1.50 bits per heavy atom. The summed E-state index contributed by atoms with van der Waals surface area (Å²) in [6, 6.07) is 3.52. The average molecular weight is 256 g/mol. The second kappa shape index (κ2) is 5.94. The molecule has 8 heteroatoms. The quantitative estimate of drug-likeness (QED) is 0.417. The van der Waals surface area contributed by atoms with E-state index in [0.29, 0.717) is 5.69 Å². The number of hydrogen-bond acceptors (Lipinski definition) is 6. The lowest BCUT2D eigenvalue weighted by Gasteiger charge is -2.10. The van der Waals surface area contributed by atoms with Gasteiger partial charge in [-0.3, -0.25) is 10.1 Å². The van der Waals surface area contributed by atoms with Crippen molar-refractivity contribution in [3.8, 4) is 0 Å². The van der Waals surface area contributed by atoms with Crippen molar-refractivity contribution in [2.24, 2.45) is 0 Å². The Morgan fingerprint density at radius 2 is 2.17 bits per heavy atom. The fourth-order valence-corrected chi connectivity index (χ4v) is 1.27. The van der Waals surface area contributed by atoms with E-state index < -0.39 is 34.9 Å². The molecule has 98 valence electrons. The van der Waals surface area contributed by atoms with Crippen LogP contribution in [0.5, 0.6) is 0 Å². The number of nitrogens with one attached hydrogen (secondary N) is 1. The molecule has 1 aromatic rings. The van der Waals surface area contributed by atoms with Crippen molar-refractivity contribution in [2.45, 2.75) is 6.10 Å². The highest BCUT2D eigenvalue weighted by Crippen LogP contribution is 2.23. The highest BCUT2D eigenvalue weighted by Gasteiger charge is 2.20. The maximum absolute atomic E-state index is 10.8. The first-order valence-electron chi connectivity index (χ1n) is 5.00. The second-order valence-corrected chi connectivity index (χ2v) is 3.51. The number of aliphatic hydroxyl groups is 2. The Labute approximate surface area is 102 Å². The van der Waals surface area contributed by atoms with Gasteiger partial charge in [0.05, 0.1) is 17.6 Å². The van der Waals surface area contributed by atoms with Gasteiger partial charge in [-0.05, 0) is 12.1 Å². The van der Waals surface area contributed by atoms with E-state index in [1.165, 1.54) is 6.07 Å². The Balaban J connectivity index is 2.93. The highest BCUT2D eigenvalue weighted by atomic mass is 16.6. The summed E-state index contributed by atoms with van der Waals surface area (Å²) in [6.45, 7) is -0.442. The summed E-state index contributed by atoms with van der Waals surface area (Å²) in [5.41, 5.74) is -0.654. The van der Waals surface area contributed by atoms with Crippen LogP contribution in [-0.4, -0.2) is 45.5 Å². The molecule has 0 radical (unpaired) electrons. The minimum atomic E-state index is -1.39. The van der Waals surface area contributed by atoms with E-state index in [1.54, 1.807) is 0 Å². The van der Waals surface area contributed by atoms with Crippen LogP contribution >= 0.6 is 0 Å². The summed E-state index contributed by atoms with van der Waals surface area (Å²) in [4.78, 5) is 20.7. The first-order chi connectivity index (χ1) is 8.45. The number of nitro benzene ring substituents is 1. The van der Waals surface area contributed by atoms with Gasteiger partial charge in [-0.1, -0.05) is 0 Å². The summed E-state index contributed by atoms with van der Waals surface area (Å²) in [7, 11) is 0. The molecule has 1 atom stereocenters. The van der Waals surface area contributed by atoms with Crippen LogP contribution in [0.2, 0.25) is 0 Å². The van der Waals surface area contributed by atoms with Crippen LogP contribution in [0, 0.1) is 10.1 Å². The monoisotopic (exact) mass is 256 g/mol. The predicted octanol–water partition coefficient (Wildman–Crippen LogP) is 0.0581. The zero-order valence-electron chi connectivity index (χ0n) is 9.24. The van der Waals surface area contributed by atoms with Crippen molar-refractivity contribution < 1.29 is 25.0 Å². The van der Waals surface area contributed by atoms with Crippen molar-refractivity contribution in [2.75, 3.05) is 18.5 Å². The molecule has 0 saturated heterocycles. The molecular formula is C10H12N2O6. The number of carboxylic acid groups (broad SMARTS) is 1. The van der Waals surface area contributed by atoms with E-state index in [2.05, 4.69) is 5.32 Å². The van der Waals surface area contributed by atoms with Crippen LogP contribution in [-0.2, 0) is 0 Å². The first-order valence-corrected chi connectivity index (χ1v) is 5.00. The van der Waals surface area contributed by atoms with Crippen LogP contribution in [0.1, 0.15) is 10.4 Å². The maximum Gasteiger partial charge on any atom is 0.342 e. The minimum Gasteiger partial charge on any atom is -0.477 e. The average Bonchev–Trinajstić information content (AvgIpc) is 2.35. The van der Waals surface area contributed by atoms with E-state index in [4.69, 9.17) is 15.3 Å². The van der Waals surface area contributed by atoms with Gasteiger partial charge in [-0.15, -0.1) is 0 Å². The number of hydrogen-bond donors (Lipinski definition) is 4. The Hall–Kier alpha value is -2.19. The summed E-state index contributed by atoms with van der Waals surface area (Å²) in [6.07, 6.45) is -0.997. The zero-order valence-corrected chi connectivity index (χ0v) is 9.24. The standard InChI is InChI=1S/C10H12N2O6/c13-5-7(14)4-11-6-1-2-8(10(15)16)9(3-6)12(17)18/h1-3,7,11,13-14H,4-5H2,(H,15,16). The maximum atomic E-state index is 10.8. The normalized spacial score (nSPS) is 11.9. The molecule has 0 amide bonds. The third kappa shape index (κ3) is 3.40. The van der Waals surface area contributed by atoms with Gasteiger partial charge in [-0.2, -0.15) is 0 Å². The summed E-state index contributed by atoms with van der Waals surface area (Å²) < 4.78 is 0. The smallest absolute Gasteiger partial charge is 0.342 e. The lowest BCUT2D eigenvalue weighted by atomic mass is 10.1. The number of carboxylic acids is 1. The fourth-order valence-electron chi connectivity index (χ4n) is 1.27. The van der Waals surface area contributed by atoms with Crippen LogP contribution < -0.4 is 5.32 Å². The number of carbonyl (C=O) groups is 1. The molecule has 0 bridgehead atoms. The van der Waals surface area contributed by atoms with Crippen LogP contribution in [0.15, 0.2) is 18.2 Å². The van der Waals surface area contributed by atoms with Gasteiger partial charge in [-0.25, -0.2) is 4.79 Å². The number of anilines is 1. The van der Waals surface area contributed by atoms with Crippen LogP contribution in [0.4, 0.5) is 11.4 Å². The first kappa shape index (κ1) is 13.9. The second-order valence-electron chi connectivity index (χ2n) is 3.51. The van der Waals surface area contributed by atoms with E-state index >= 15 is 0 Å². The lowest BCUT2D eigenvalue weighted by molar-refractivity contribution is -0.385. The topological polar surface area (TPSA) is 133 Å². The van der Waals surface area contributed by atoms with Crippen LogP contribution in [0.3, 0.4) is 0 Å². The van der Waals surface area contributed by atoms with Crippen molar-refractivity contribution in [1.29, 1.82) is 0 Å². The van der Waals surface area contributed by atoms with E-state index in [9.17, 15) is 14.9 Å². The van der Waals surface area contributed by atoms with Gasteiger partial charge in [0, 0.05) is 18.3 Å². The van der Waals surface area contributed by atoms with Gasteiger partial charge < -0.3 is 20.6 Å².